The van der Waals surface area contributed by atoms with Gasteiger partial charge in [-0.25, -0.2) is 12.8 Å². The Bertz CT molecular complexity index is 642. The maximum atomic E-state index is 13.5. The quantitative estimate of drug-likeness (QED) is 0.697. The minimum atomic E-state index is -4.47. The highest BCUT2D eigenvalue weighted by atomic mass is 32.2. The first-order valence-corrected chi connectivity index (χ1v) is 6.85. The van der Waals surface area contributed by atoms with Crippen LogP contribution in [-0.2, 0) is 19.6 Å². The van der Waals surface area contributed by atoms with E-state index in [1.165, 1.54) is 13.0 Å². The first-order valence-electron chi connectivity index (χ1n) is 5.36. The van der Waals surface area contributed by atoms with Crippen LogP contribution in [0.5, 0.6) is 0 Å². The summed E-state index contributed by atoms with van der Waals surface area (Å²) in [6.45, 7) is 1.53. The normalized spacial score (nSPS) is 12.9. The molecule has 0 amide bonds. The van der Waals surface area contributed by atoms with E-state index in [2.05, 4.69) is 0 Å². The minimum absolute atomic E-state index is 0.455. The summed E-state index contributed by atoms with van der Waals surface area (Å²) in [6, 6.07) is 1.42. The first kappa shape index (κ1) is 16.1. The maximum Gasteiger partial charge on any atom is 0.322 e. The highest BCUT2D eigenvalue weighted by Crippen LogP contribution is 2.16. The zero-order chi connectivity index (χ0) is 15.5. The number of carboxylic acid groups (broad SMARTS) is 2. The van der Waals surface area contributed by atoms with Crippen LogP contribution in [0.2, 0.25) is 0 Å². The Balaban J connectivity index is 3.12. The molecular weight excluding hydrogens is 293 g/mol. The molecule has 0 saturated carbocycles. The van der Waals surface area contributed by atoms with Crippen molar-refractivity contribution in [1.82, 2.24) is 4.72 Å². The average Bonchev–Trinajstić information content (AvgIpc) is 2.30. The topological polar surface area (TPSA) is 121 Å². The van der Waals surface area contributed by atoms with Crippen LogP contribution < -0.4 is 4.72 Å². The summed E-state index contributed by atoms with van der Waals surface area (Å²) in [6.07, 6.45) is -0.956. The van der Waals surface area contributed by atoms with E-state index < -0.39 is 45.1 Å². The van der Waals surface area contributed by atoms with Crippen LogP contribution in [0.15, 0.2) is 23.1 Å². The van der Waals surface area contributed by atoms with Crippen LogP contribution in [0.3, 0.4) is 0 Å². The third-order valence-corrected chi connectivity index (χ3v) is 3.84. The molecule has 0 aliphatic rings. The lowest BCUT2D eigenvalue weighted by Crippen LogP contribution is -2.42. The molecule has 1 aromatic carbocycles. The standard InChI is InChI=1S/C11H12FNO6S/c1-6-2-3-7(12)9(4-6)20(18,19)13-8(11(16)17)5-10(14)15/h2-4,8,13H,5H2,1H3,(H,14,15)(H,16,17)/t8-/m0/s1. The second-order valence-corrected chi connectivity index (χ2v) is 5.73. The summed E-state index contributed by atoms with van der Waals surface area (Å²) in [4.78, 5) is 20.6. The predicted octanol–water partition coefficient (Wildman–Crippen LogP) is 0.340. The lowest BCUT2D eigenvalue weighted by atomic mass is 10.2. The van der Waals surface area contributed by atoms with E-state index >= 15 is 0 Å². The van der Waals surface area contributed by atoms with Gasteiger partial charge in [0.15, 0.2) is 0 Å². The number of carboxylic acids is 2. The molecule has 0 aliphatic heterocycles. The maximum absolute atomic E-state index is 13.5. The van der Waals surface area contributed by atoms with Crippen molar-refractivity contribution in [2.75, 3.05) is 0 Å². The molecule has 0 unspecified atom stereocenters. The Morgan fingerprint density at radius 1 is 1.35 bits per heavy atom. The lowest BCUT2D eigenvalue weighted by molar-refractivity contribution is -0.145. The van der Waals surface area contributed by atoms with Gasteiger partial charge in [0.1, 0.15) is 16.8 Å². The van der Waals surface area contributed by atoms with Crippen LogP contribution in [0.4, 0.5) is 4.39 Å². The number of rotatable bonds is 6. The molecule has 0 fully saturated rings. The van der Waals surface area contributed by atoms with E-state index in [-0.39, 0.29) is 0 Å². The highest BCUT2D eigenvalue weighted by Gasteiger charge is 2.29. The molecule has 0 spiro atoms. The summed E-state index contributed by atoms with van der Waals surface area (Å²) < 4.78 is 38.9. The molecule has 110 valence electrons. The summed E-state index contributed by atoms with van der Waals surface area (Å²) >= 11 is 0. The van der Waals surface area contributed by atoms with Gasteiger partial charge in [-0.2, -0.15) is 4.72 Å². The molecule has 9 heteroatoms. The van der Waals surface area contributed by atoms with E-state index in [1.54, 1.807) is 4.72 Å². The van der Waals surface area contributed by atoms with Crippen molar-refractivity contribution in [2.45, 2.75) is 24.3 Å². The molecule has 0 heterocycles. The lowest BCUT2D eigenvalue weighted by Gasteiger charge is -2.13. The van der Waals surface area contributed by atoms with E-state index in [9.17, 15) is 22.4 Å². The molecular formula is C11H12FNO6S. The number of aliphatic carboxylic acids is 2. The van der Waals surface area contributed by atoms with E-state index in [4.69, 9.17) is 10.2 Å². The van der Waals surface area contributed by atoms with Crippen molar-refractivity contribution in [2.24, 2.45) is 0 Å². The van der Waals surface area contributed by atoms with Gasteiger partial charge in [-0.15, -0.1) is 0 Å². The molecule has 0 saturated heterocycles. The molecule has 3 N–H and O–H groups in total. The largest absolute Gasteiger partial charge is 0.481 e. The Kier molecular flexibility index (Phi) is 4.79. The first-order chi connectivity index (χ1) is 9.13. The third-order valence-electron chi connectivity index (χ3n) is 2.35. The molecule has 1 aromatic rings. The zero-order valence-corrected chi connectivity index (χ0v) is 11.1. The van der Waals surface area contributed by atoms with Crippen LogP contribution in [-0.4, -0.2) is 36.6 Å². The summed E-state index contributed by atoms with van der Waals surface area (Å²) in [5.74, 6) is -4.21. The average molecular weight is 305 g/mol. The van der Waals surface area contributed by atoms with Gasteiger partial charge in [0, 0.05) is 0 Å². The predicted molar refractivity (Wildman–Crippen MR) is 65.1 cm³/mol. The van der Waals surface area contributed by atoms with Crippen LogP contribution in [0, 0.1) is 12.7 Å². The smallest absolute Gasteiger partial charge is 0.322 e. The second kappa shape index (κ2) is 5.97. The number of sulfonamides is 1. The van der Waals surface area contributed by atoms with Crippen molar-refractivity contribution >= 4 is 22.0 Å². The van der Waals surface area contributed by atoms with Gasteiger partial charge in [-0.3, -0.25) is 9.59 Å². The fraction of sp³-hybridized carbons (Fsp3) is 0.273. The van der Waals surface area contributed by atoms with Gasteiger partial charge < -0.3 is 10.2 Å². The van der Waals surface area contributed by atoms with Gasteiger partial charge in [-0.1, -0.05) is 6.07 Å². The number of hydrogen-bond donors (Lipinski definition) is 3. The SMILES string of the molecule is Cc1ccc(F)c(S(=O)(=O)N[C@@H](CC(=O)O)C(=O)O)c1. The molecule has 0 aliphatic carbocycles. The van der Waals surface area contributed by atoms with E-state index in [0.717, 1.165) is 12.1 Å². The molecule has 0 bridgehead atoms. The molecule has 0 radical (unpaired) electrons. The van der Waals surface area contributed by atoms with Crippen molar-refractivity contribution in [1.29, 1.82) is 0 Å². The highest BCUT2D eigenvalue weighted by molar-refractivity contribution is 7.89. The summed E-state index contributed by atoms with van der Waals surface area (Å²) in [5.41, 5.74) is 0.455. The fourth-order valence-electron chi connectivity index (χ4n) is 1.42. The minimum Gasteiger partial charge on any atom is -0.481 e. The zero-order valence-electron chi connectivity index (χ0n) is 10.3. The Morgan fingerprint density at radius 2 is 1.95 bits per heavy atom. The Hall–Kier alpha value is -2.00. The monoisotopic (exact) mass is 305 g/mol. The molecule has 7 nitrogen and oxygen atoms in total. The summed E-state index contributed by atoms with van der Waals surface area (Å²) in [7, 11) is -4.47. The van der Waals surface area contributed by atoms with Crippen LogP contribution in [0.1, 0.15) is 12.0 Å². The van der Waals surface area contributed by atoms with Crippen molar-refractivity contribution in [3.63, 3.8) is 0 Å². The number of aryl methyl sites for hydroxylation is 1. The molecule has 0 aromatic heterocycles. The Labute approximate surface area is 114 Å². The van der Waals surface area contributed by atoms with Gasteiger partial charge in [0.25, 0.3) is 0 Å². The fourth-order valence-corrected chi connectivity index (χ4v) is 2.77. The van der Waals surface area contributed by atoms with Crippen molar-refractivity contribution in [3.05, 3.63) is 29.6 Å². The van der Waals surface area contributed by atoms with Crippen LogP contribution >= 0.6 is 0 Å². The van der Waals surface area contributed by atoms with Gasteiger partial charge in [0.05, 0.1) is 6.42 Å². The van der Waals surface area contributed by atoms with Crippen molar-refractivity contribution in [3.8, 4) is 0 Å². The van der Waals surface area contributed by atoms with Gasteiger partial charge in [-0.05, 0) is 24.6 Å². The van der Waals surface area contributed by atoms with E-state index in [0.29, 0.717) is 5.56 Å². The van der Waals surface area contributed by atoms with Gasteiger partial charge >= 0.3 is 11.9 Å². The van der Waals surface area contributed by atoms with Crippen molar-refractivity contribution < 1.29 is 32.6 Å². The number of hydrogen-bond acceptors (Lipinski definition) is 4. The van der Waals surface area contributed by atoms with Gasteiger partial charge in [0.2, 0.25) is 10.0 Å². The number of benzene rings is 1. The second-order valence-electron chi connectivity index (χ2n) is 4.04. The summed E-state index contributed by atoms with van der Waals surface area (Å²) in [5, 5.41) is 17.3. The number of nitrogens with one attached hydrogen (secondary N) is 1. The molecule has 1 rings (SSSR count). The number of halogens is 1. The Morgan fingerprint density at radius 3 is 2.45 bits per heavy atom. The molecule has 1 atom stereocenters. The molecule has 20 heavy (non-hydrogen) atoms. The number of carbonyl (C=O) groups is 2. The van der Waals surface area contributed by atoms with E-state index in [1.807, 2.05) is 0 Å². The van der Waals surface area contributed by atoms with Crippen LogP contribution in [0.25, 0.3) is 0 Å². The third kappa shape index (κ3) is 4.00.